The van der Waals surface area contributed by atoms with E-state index in [4.69, 9.17) is 0 Å². The Balaban J connectivity index is 0. The zero-order valence-corrected chi connectivity index (χ0v) is 6.66. The van der Waals surface area contributed by atoms with Crippen molar-refractivity contribution < 1.29 is 31.0 Å². The van der Waals surface area contributed by atoms with Crippen LogP contribution in [0.25, 0.3) is 0 Å². The van der Waals surface area contributed by atoms with Gasteiger partial charge in [-0.1, -0.05) is 0 Å². The Morgan fingerprint density at radius 3 is 2.83 bits per heavy atom. The summed E-state index contributed by atoms with van der Waals surface area (Å²) < 4.78 is 0. The van der Waals surface area contributed by atoms with Gasteiger partial charge >= 0.3 is 29.6 Å². The van der Waals surface area contributed by atoms with E-state index in [9.17, 15) is 0 Å². The normalized spacial score (nSPS) is 17.3. The van der Waals surface area contributed by atoms with E-state index in [2.05, 4.69) is 4.99 Å². The second-order valence-electron chi connectivity index (χ2n) is 0.882. The van der Waals surface area contributed by atoms with Gasteiger partial charge in [-0.3, -0.25) is 4.99 Å². The molecule has 0 fully saturated rings. The Bertz CT molecular complexity index is 52.9. The van der Waals surface area contributed by atoms with Gasteiger partial charge in [-0.2, -0.15) is 0 Å². The van der Waals surface area contributed by atoms with Gasteiger partial charge in [0.15, 0.2) is 0 Å². The molecule has 0 bridgehead atoms. The number of nitrogens with zero attached hydrogens (tertiary/aromatic N) is 1. The van der Waals surface area contributed by atoms with Crippen LogP contribution in [0.4, 0.5) is 0 Å². The summed E-state index contributed by atoms with van der Waals surface area (Å²) in [6, 6.07) is 0. The average Bonchev–Trinajstić information content (AvgIpc) is 1.76. The minimum absolute atomic E-state index is 0. The Morgan fingerprint density at radius 2 is 2.67 bits per heavy atom. The van der Waals surface area contributed by atoms with Crippen molar-refractivity contribution in [3.63, 3.8) is 0 Å². The molecule has 3 heteroatoms. The van der Waals surface area contributed by atoms with Crippen LogP contribution < -0.4 is 29.6 Å². The van der Waals surface area contributed by atoms with Gasteiger partial charge < -0.3 is 1.43 Å². The molecule has 0 aromatic heterocycles. The standard InChI is InChI=1S/C3H5NS.Na.H/c1-2-5-3-4-1;;/h3H,1-2H2;;/q;+1;-1. The van der Waals surface area contributed by atoms with E-state index in [1.54, 1.807) is 11.8 Å². The first-order valence-corrected chi connectivity index (χ1v) is 2.65. The number of hydrogen-bond donors (Lipinski definition) is 0. The van der Waals surface area contributed by atoms with Gasteiger partial charge in [-0.25, -0.2) is 0 Å². The first kappa shape index (κ1) is 7.02. The van der Waals surface area contributed by atoms with Crippen LogP contribution in [-0.2, 0) is 0 Å². The Morgan fingerprint density at radius 1 is 1.83 bits per heavy atom. The summed E-state index contributed by atoms with van der Waals surface area (Å²) in [6.45, 7) is 1.03. The molecule has 0 radical (unpaired) electrons. The second-order valence-corrected chi connectivity index (χ2v) is 1.83. The fourth-order valence-electron chi connectivity index (χ4n) is 0.264. The number of thioether (sulfide) groups is 1. The minimum Gasteiger partial charge on any atom is -1.00 e. The largest absolute Gasteiger partial charge is 1.00 e. The summed E-state index contributed by atoms with van der Waals surface area (Å²) in [5.41, 5.74) is 1.90. The van der Waals surface area contributed by atoms with Crippen molar-refractivity contribution in [3.05, 3.63) is 0 Å². The van der Waals surface area contributed by atoms with Gasteiger partial charge in [0.05, 0.1) is 5.55 Å². The van der Waals surface area contributed by atoms with Crippen LogP contribution in [0.3, 0.4) is 0 Å². The molecule has 0 unspecified atom stereocenters. The summed E-state index contributed by atoms with van der Waals surface area (Å²) in [7, 11) is 0. The third-order valence-corrected chi connectivity index (χ3v) is 1.20. The van der Waals surface area contributed by atoms with Gasteiger partial charge in [0.25, 0.3) is 0 Å². The van der Waals surface area contributed by atoms with Crippen molar-refractivity contribution in [2.45, 2.75) is 0 Å². The number of hydrogen-bond acceptors (Lipinski definition) is 2. The molecule has 1 nitrogen and oxygen atoms in total. The predicted molar refractivity (Wildman–Crippen MR) is 26.9 cm³/mol. The maximum atomic E-state index is 3.92. The van der Waals surface area contributed by atoms with Gasteiger partial charge in [-0.05, 0) is 0 Å². The van der Waals surface area contributed by atoms with Crippen molar-refractivity contribution >= 4 is 17.3 Å². The van der Waals surface area contributed by atoms with Crippen molar-refractivity contribution in [1.82, 2.24) is 0 Å². The van der Waals surface area contributed by atoms with Crippen molar-refractivity contribution in [3.8, 4) is 0 Å². The van der Waals surface area contributed by atoms with Crippen LogP contribution in [0.15, 0.2) is 4.99 Å². The van der Waals surface area contributed by atoms with Crippen LogP contribution in [0, 0.1) is 0 Å². The molecule has 1 aliphatic rings. The monoisotopic (exact) mass is 111 g/mol. The van der Waals surface area contributed by atoms with Crippen molar-refractivity contribution in [2.75, 3.05) is 12.3 Å². The van der Waals surface area contributed by atoms with E-state index in [0.717, 1.165) is 6.54 Å². The first-order chi connectivity index (χ1) is 2.50. The molecule has 0 saturated heterocycles. The van der Waals surface area contributed by atoms with E-state index in [1.165, 1.54) is 5.75 Å². The summed E-state index contributed by atoms with van der Waals surface area (Å²) in [5, 5.41) is 0. The molecule has 0 N–H and O–H groups in total. The zero-order valence-electron chi connectivity index (χ0n) is 4.85. The average molecular weight is 111 g/mol. The fourth-order valence-corrected chi connectivity index (χ4v) is 0.791. The molecule has 1 heterocycles. The summed E-state index contributed by atoms with van der Waals surface area (Å²) in [6.07, 6.45) is 0. The van der Waals surface area contributed by atoms with Gasteiger partial charge in [-0.15, -0.1) is 11.8 Å². The number of aliphatic imine (C=N–C) groups is 1. The van der Waals surface area contributed by atoms with Gasteiger partial charge in [0, 0.05) is 12.3 Å². The summed E-state index contributed by atoms with van der Waals surface area (Å²) in [5.74, 6) is 1.19. The molecule has 0 amide bonds. The van der Waals surface area contributed by atoms with Crippen molar-refractivity contribution in [2.24, 2.45) is 4.99 Å². The molecule has 0 aromatic carbocycles. The molecular weight excluding hydrogens is 105 g/mol. The van der Waals surface area contributed by atoms with E-state index in [-0.39, 0.29) is 31.0 Å². The number of rotatable bonds is 0. The smallest absolute Gasteiger partial charge is 1.00 e. The third-order valence-electron chi connectivity index (χ3n) is 0.487. The SMILES string of the molecule is C1=NCCS1.[H-].[Na+]. The van der Waals surface area contributed by atoms with E-state index in [1.807, 2.05) is 5.55 Å². The molecule has 0 aliphatic carbocycles. The molecule has 6 heavy (non-hydrogen) atoms. The van der Waals surface area contributed by atoms with E-state index >= 15 is 0 Å². The Kier molecular flexibility index (Phi) is 4.90. The van der Waals surface area contributed by atoms with Crippen LogP contribution in [-0.4, -0.2) is 17.8 Å². The maximum absolute atomic E-state index is 3.92. The molecule has 0 atom stereocenters. The molecule has 0 saturated carbocycles. The van der Waals surface area contributed by atoms with Crippen LogP contribution >= 0.6 is 11.8 Å². The van der Waals surface area contributed by atoms with Crippen LogP contribution in [0.5, 0.6) is 0 Å². The fraction of sp³-hybridized carbons (Fsp3) is 0.667. The zero-order chi connectivity index (χ0) is 3.54. The van der Waals surface area contributed by atoms with Crippen LogP contribution in [0.1, 0.15) is 1.43 Å². The van der Waals surface area contributed by atoms with Crippen molar-refractivity contribution in [1.29, 1.82) is 0 Å². The third kappa shape index (κ3) is 2.24. The quantitative estimate of drug-likeness (QED) is 0.325. The van der Waals surface area contributed by atoms with Gasteiger partial charge in [0.2, 0.25) is 0 Å². The summed E-state index contributed by atoms with van der Waals surface area (Å²) in [4.78, 5) is 3.92. The summed E-state index contributed by atoms with van der Waals surface area (Å²) >= 11 is 1.78. The molecule has 1 aliphatic heterocycles. The van der Waals surface area contributed by atoms with E-state index in [0.29, 0.717) is 0 Å². The topological polar surface area (TPSA) is 12.4 Å². The second kappa shape index (κ2) is 4.19. The molecule has 0 aromatic rings. The molecule has 0 spiro atoms. The Hall–Kier alpha value is 1.02. The Labute approximate surface area is 65.4 Å². The molecule has 1 rings (SSSR count). The van der Waals surface area contributed by atoms with E-state index < -0.39 is 0 Å². The molecular formula is C3H6NNaS. The maximum Gasteiger partial charge on any atom is 1.00 e. The first-order valence-electron chi connectivity index (χ1n) is 1.60. The minimum atomic E-state index is 0. The predicted octanol–water partition coefficient (Wildman–Crippen LogP) is -2.12. The van der Waals surface area contributed by atoms with Gasteiger partial charge in [0.1, 0.15) is 0 Å². The molecule has 30 valence electrons. The van der Waals surface area contributed by atoms with Crippen LogP contribution in [0.2, 0.25) is 0 Å².